The molecular weight excluding hydrogens is 372 g/mol. The molecule has 0 radical (unpaired) electrons. The van der Waals surface area contributed by atoms with Crippen molar-refractivity contribution < 1.29 is 9.53 Å². The smallest absolute Gasteiger partial charge is 0.293 e. The van der Waals surface area contributed by atoms with Crippen LogP contribution in [-0.2, 0) is 17.9 Å². The van der Waals surface area contributed by atoms with Crippen LogP contribution in [0.2, 0.25) is 0 Å². The Bertz CT molecular complexity index is 1200. The van der Waals surface area contributed by atoms with Crippen LogP contribution in [0.15, 0.2) is 66.0 Å². The largest absolute Gasteiger partial charge is 0.497 e. The zero-order valence-corrected chi connectivity index (χ0v) is 15.6. The van der Waals surface area contributed by atoms with E-state index in [1.807, 2.05) is 30.3 Å². The SMILES string of the molecule is COc1ccc(-c2cc3c(=O)n(CC(=O)NCc4cccnc4)ncn3n2)cc1. The van der Waals surface area contributed by atoms with Gasteiger partial charge in [0.25, 0.3) is 5.56 Å². The maximum atomic E-state index is 12.7. The highest BCUT2D eigenvalue weighted by molar-refractivity contribution is 5.75. The monoisotopic (exact) mass is 390 g/mol. The second-order valence-electron chi connectivity index (χ2n) is 6.32. The van der Waals surface area contributed by atoms with Crippen LogP contribution in [0, 0.1) is 0 Å². The van der Waals surface area contributed by atoms with E-state index in [4.69, 9.17) is 4.74 Å². The second-order valence-corrected chi connectivity index (χ2v) is 6.32. The third kappa shape index (κ3) is 3.98. The summed E-state index contributed by atoms with van der Waals surface area (Å²) in [6, 6.07) is 12.7. The summed E-state index contributed by atoms with van der Waals surface area (Å²) in [7, 11) is 1.60. The number of fused-ring (bicyclic) bond motifs is 1. The van der Waals surface area contributed by atoms with Crippen molar-refractivity contribution >= 4 is 11.4 Å². The molecule has 4 aromatic rings. The first-order valence-corrected chi connectivity index (χ1v) is 8.89. The predicted molar refractivity (Wildman–Crippen MR) is 105 cm³/mol. The Kier molecular flexibility index (Phi) is 5.02. The molecule has 1 aromatic carbocycles. The molecule has 0 saturated carbocycles. The first-order valence-electron chi connectivity index (χ1n) is 8.89. The molecule has 0 unspecified atom stereocenters. The summed E-state index contributed by atoms with van der Waals surface area (Å²) in [5.41, 5.74) is 2.29. The summed E-state index contributed by atoms with van der Waals surface area (Å²) in [4.78, 5) is 28.9. The number of hydrogen-bond acceptors (Lipinski definition) is 6. The topological polar surface area (TPSA) is 103 Å². The van der Waals surface area contributed by atoms with Crippen molar-refractivity contribution in [2.45, 2.75) is 13.1 Å². The highest BCUT2D eigenvalue weighted by Crippen LogP contribution is 2.21. The van der Waals surface area contributed by atoms with Gasteiger partial charge in [-0.2, -0.15) is 10.2 Å². The Morgan fingerprint density at radius 2 is 2.03 bits per heavy atom. The number of aromatic nitrogens is 5. The minimum Gasteiger partial charge on any atom is -0.497 e. The number of amides is 1. The summed E-state index contributed by atoms with van der Waals surface area (Å²) >= 11 is 0. The van der Waals surface area contributed by atoms with Crippen molar-refractivity contribution in [2.24, 2.45) is 0 Å². The van der Waals surface area contributed by atoms with E-state index in [1.54, 1.807) is 31.6 Å². The van der Waals surface area contributed by atoms with Gasteiger partial charge in [0.2, 0.25) is 5.91 Å². The van der Waals surface area contributed by atoms with Gasteiger partial charge in [-0.05, 0) is 42.0 Å². The zero-order chi connectivity index (χ0) is 20.2. The molecular formula is C20H18N6O3. The highest BCUT2D eigenvalue weighted by Gasteiger charge is 2.12. The highest BCUT2D eigenvalue weighted by atomic mass is 16.5. The van der Waals surface area contributed by atoms with Gasteiger partial charge in [0, 0.05) is 24.5 Å². The van der Waals surface area contributed by atoms with E-state index in [0.717, 1.165) is 21.6 Å². The normalized spacial score (nSPS) is 10.8. The number of nitrogens with one attached hydrogen (secondary N) is 1. The van der Waals surface area contributed by atoms with Gasteiger partial charge in [0.1, 0.15) is 24.1 Å². The number of nitrogens with zero attached hydrogens (tertiary/aromatic N) is 5. The van der Waals surface area contributed by atoms with E-state index in [2.05, 4.69) is 20.5 Å². The standard InChI is InChI=1S/C20H18N6O3/c1-29-16-6-4-15(5-7-16)17-9-18-20(28)25(23-13-26(18)24-17)12-19(27)22-11-14-3-2-8-21-10-14/h2-10,13H,11-12H2,1H3,(H,22,27). The Hall–Kier alpha value is -4.01. The molecule has 0 fully saturated rings. The number of rotatable bonds is 6. The molecule has 4 rings (SSSR count). The van der Waals surface area contributed by atoms with Crippen molar-refractivity contribution in [1.29, 1.82) is 0 Å². The molecule has 0 bridgehead atoms. The number of pyridine rings is 1. The van der Waals surface area contributed by atoms with E-state index in [0.29, 0.717) is 17.8 Å². The zero-order valence-electron chi connectivity index (χ0n) is 15.6. The Morgan fingerprint density at radius 3 is 2.76 bits per heavy atom. The fourth-order valence-corrected chi connectivity index (χ4v) is 2.85. The van der Waals surface area contributed by atoms with Crippen molar-refractivity contribution in [1.82, 2.24) is 29.7 Å². The van der Waals surface area contributed by atoms with Crippen LogP contribution in [0.5, 0.6) is 5.75 Å². The number of carbonyl (C=O) groups excluding carboxylic acids is 1. The van der Waals surface area contributed by atoms with E-state index in [9.17, 15) is 9.59 Å². The maximum absolute atomic E-state index is 12.7. The lowest BCUT2D eigenvalue weighted by atomic mass is 10.1. The average molecular weight is 390 g/mol. The lowest BCUT2D eigenvalue weighted by molar-refractivity contribution is -0.122. The van der Waals surface area contributed by atoms with E-state index in [1.165, 1.54) is 10.8 Å². The minimum atomic E-state index is -0.392. The second kappa shape index (κ2) is 7.93. The van der Waals surface area contributed by atoms with Crippen molar-refractivity contribution in [2.75, 3.05) is 7.11 Å². The fraction of sp³-hybridized carbons (Fsp3) is 0.150. The third-order valence-corrected chi connectivity index (χ3v) is 4.38. The van der Waals surface area contributed by atoms with Gasteiger partial charge in [-0.3, -0.25) is 14.6 Å². The first kappa shape index (κ1) is 18.4. The molecule has 0 aliphatic carbocycles. The van der Waals surface area contributed by atoms with E-state index < -0.39 is 5.56 Å². The molecule has 0 aliphatic heterocycles. The van der Waals surface area contributed by atoms with E-state index >= 15 is 0 Å². The van der Waals surface area contributed by atoms with Crippen molar-refractivity contribution in [3.05, 3.63) is 77.1 Å². The molecule has 9 heteroatoms. The van der Waals surface area contributed by atoms with Gasteiger partial charge in [0.15, 0.2) is 0 Å². The Morgan fingerprint density at radius 1 is 1.21 bits per heavy atom. The summed E-state index contributed by atoms with van der Waals surface area (Å²) < 4.78 is 7.68. The van der Waals surface area contributed by atoms with Gasteiger partial charge in [0.05, 0.1) is 12.8 Å². The number of benzene rings is 1. The lowest BCUT2D eigenvalue weighted by Crippen LogP contribution is -2.34. The Balaban J connectivity index is 1.52. The first-order chi connectivity index (χ1) is 14.1. The molecule has 0 saturated heterocycles. The van der Waals surface area contributed by atoms with Crippen LogP contribution < -0.4 is 15.6 Å². The van der Waals surface area contributed by atoms with Gasteiger partial charge in [-0.15, -0.1) is 0 Å². The minimum absolute atomic E-state index is 0.182. The molecule has 3 aromatic heterocycles. The number of carbonyl (C=O) groups is 1. The molecule has 9 nitrogen and oxygen atoms in total. The molecule has 29 heavy (non-hydrogen) atoms. The fourth-order valence-electron chi connectivity index (χ4n) is 2.85. The maximum Gasteiger partial charge on any atom is 0.293 e. The van der Waals surface area contributed by atoms with Gasteiger partial charge < -0.3 is 10.1 Å². The van der Waals surface area contributed by atoms with Crippen molar-refractivity contribution in [3.63, 3.8) is 0 Å². The summed E-state index contributed by atoms with van der Waals surface area (Å²) in [6.07, 6.45) is 4.75. The van der Waals surface area contributed by atoms with Crippen molar-refractivity contribution in [3.8, 4) is 17.0 Å². The Labute approximate surface area is 165 Å². The van der Waals surface area contributed by atoms with Gasteiger partial charge in [-0.25, -0.2) is 9.20 Å². The molecule has 0 atom stereocenters. The summed E-state index contributed by atoms with van der Waals surface area (Å²) in [6.45, 7) is 0.149. The van der Waals surface area contributed by atoms with Crippen LogP contribution in [0.3, 0.4) is 0 Å². The average Bonchev–Trinajstić information content (AvgIpc) is 3.20. The molecule has 0 aliphatic rings. The number of hydrogen-bond donors (Lipinski definition) is 1. The third-order valence-electron chi connectivity index (χ3n) is 4.38. The van der Waals surface area contributed by atoms with Gasteiger partial charge in [-0.1, -0.05) is 6.07 Å². The quantitative estimate of drug-likeness (QED) is 0.532. The van der Waals surface area contributed by atoms with Crippen LogP contribution >= 0.6 is 0 Å². The van der Waals surface area contributed by atoms with Crippen LogP contribution in [0.25, 0.3) is 16.8 Å². The molecule has 146 valence electrons. The summed E-state index contributed by atoms with van der Waals surface area (Å²) in [5.74, 6) is 0.418. The molecule has 1 N–H and O–H groups in total. The predicted octanol–water partition coefficient (Wildman–Crippen LogP) is 1.28. The number of methoxy groups -OCH3 is 1. The number of ether oxygens (including phenoxy) is 1. The molecule has 3 heterocycles. The lowest BCUT2D eigenvalue weighted by Gasteiger charge is -2.06. The summed E-state index contributed by atoms with van der Waals surface area (Å²) in [5, 5.41) is 11.2. The molecule has 1 amide bonds. The molecule has 0 spiro atoms. The van der Waals surface area contributed by atoms with Crippen LogP contribution in [0.4, 0.5) is 0 Å². The van der Waals surface area contributed by atoms with E-state index in [-0.39, 0.29) is 12.5 Å². The van der Waals surface area contributed by atoms with Gasteiger partial charge >= 0.3 is 0 Å². The van der Waals surface area contributed by atoms with Crippen LogP contribution in [0.1, 0.15) is 5.56 Å². The van der Waals surface area contributed by atoms with Crippen LogP contribution in [-0.4, -0.2) is 37.4 Å².